The lowest BCUT2D eigenvalue weighted by Crippen LogP contribution is -2.19. The van der Waals surface area contributed by atoms with E-state index in [9.17, 15) is 14.7 Å². The number of carboxylic acid groups (broad SMARTS) is 1. The summed E-state index contributed by atoms with van der Waals surface area (Å²) in [5, 5.41) is 10.8. The van der Waals surface area contributed by atoms with E-state index in [-0.39, 0.29) is 0 Å². The van der Waals surface area contributed by atoms with Crippen molar-refractivity contribution in [2.75, 3.05) is 0 Å². The molecule has 1 unspecified atom stereocenters. The van der Waals surface area contributed by atoms with Crippen LogP contribution in [0.25, 0.3) is 10.9 Å². The maximum Gasteiger partial charge on any atom is 0.326 e. The Kier molecular flexibility index (Phi) is 4.67. The summed E-state index contributed by atoms with van der Waals surface area (Å²) in [6, 6.07) is 14.1. The van der Waals surface area contributed by atoms with Crippen molar-refractivity contribution in [2.24, 2.45) is 0 Å². The highest BCUT2D eigenvalue weighted by Crippen LogP contribution is 2.28. The van der Waals surface area contributed by atoms with Crippen LogP contribution in [0.1, 0.15) is 28.4 Å². The minimum absolute atomic E-state index is 0.435. The Hall–Kier alpha value is -2.59. The first-order chi connectivity index (χ1) is 11.6. The monoisotopic (exact) mass is 341 g/mol. The molecule has 0 saturated carbocycles. The number of aromatic nitrogens is 1. The van der Waals surface area contributed by atoms with Gasteiger partial charge in [0.1, 0.15) is 6.04 Å². The molecule has 0 amide bonds. The Labute approximate surface area is 144 Å². The fourth-order valence-electron chi connectivity index (χ4n) is 2.93. The number of hydrogen-bond donors (Lipinski definition) is 1. The van der Waals surface area contributed by atoms with Crippen LogP contribution in [0.3, 0.4) is 0 Å². The van der Waals surface area contributed by atoms with Crippen molar-refractivity contribution < 1.29 is 14.7 Å². The standard InChI is InChI=1S/C19H16ClNO3/c20-15-7-9-17-16(10-15)14(12-22)11-21(17)18(19(23)24)8-6-13-4-2-1-3-5-13/h1-5,7,9-12,18H,6,8H2,(H,23,24). The summed E-state index contributed by atoms with van der Waals surface area (Å²) in [5.74, 6) is -0.921. The van der Waals surface area contributed by atoms with Crippen molar-refractivity contribution in [3.8, 4) is 0 Å². The minimum Gasteiger partial charge on any atom is -0.480 e. The minimum atomic E-state index is -0.921. The topological polar surface area (TPSA) is 59.3 Å². The number of aryl methyl sites for hydroxylation is 1. The van der Waals surface area contributed by atoms with Crippen LogP contribution in [0.4, 0.5) is 0 Å². The van der Waals surface area contributed by atoms with Crippen molar-refractivity contribution in [1.82, 2.24) is 4.57 Å². The quantitative estimate of drug-likeness (QED) is 0.677. The van der Waals surface area contributed by atoms with E-state index >= 15 is 0 Å². The van der Waals surface area contributed by atoms with Gasteiger partial charge in [-0.05, 0) is 36.6 Å². The lowest BCUT2D eigenvalue weighted by atomic mass is 10.0. The SMILES string of the molecule is O=Cc1cn(C(CCc2ccccc2)C(=O)O)c2ccc(Cl)cc12. The van der Waals surface area contributed by atoms with Gasteiger partial charge in [-0.1, -0.05) is 41.9 Å². The van der Waals surface area contributed by atoms with Crippen LogP contribution < -0.4 is 0 Å². The Morgan fingerprint density at radius 1 is 1.21 bits per heavy atom. The molecule has 4 nitrogen and oxygen atoms in total. The highest BCUT2D eigenvalue weighted by Gasteiger charge is 2.22. The molecule has 0 saturated heterocycles. The molecular weight excluding hydrogens is 326 g/mol. The van der Waals surface area contributed by atoms with Crippen molar-refractivity contribution >= 4 is 34.8 Å². The van der Waals surface area contributed by atoms with Crippen molar-refractivity contribution in [3.05, 3.63) is 70.9 Å². The normalized spacial score (nSPS) is 12.2. The van der Waals surface area contributed by atoms with Gasteiger partial charge in [-0.25, -0.2) is 4.79 Å². The number of aldehydes is 1. The van der Waals surface area contributed by atoms with Gasteiger partial charge in [-0.2, -0.15) is 0 Å². The van der Waals surface area contributed by atoms with Gasteiger partial charge < -0.3 is 9.67 Å². The summed E-state index contributed by atoms with van der Waals surface area (Å²) in [6.07, 6.45) is 3.40. The van der Waals surface area contributed by atoms with Crippen molar-refractivity contribution in [1.29, 1.82) is 0 Å². The molecule has 0 fully saturated rings. The van der Waals surface area contributed by atoms with Crippen LogP contribution in [-0.2, 0) is 11.2 Å². The molecule has 24 heavy (non-hydrogen) atoms. The number of rotatable bonds is 6. The second-order valence-corrected chi connectivity index (χ2v) is 6.09. The number of hydrogen-bond acceptors (Lipinski definition) is 2. The van der Waals surface area contributed by atoms with Crippen LogP contribution in [0, 0.1) is 0 Å². The molecular formula is C19H16ClNO3. The van der Waals surface area contributed by atoms with E-state index < -0.39 is 12.0 Å². The second kappa shape index (κ2) is 6.89. The van der Waals surface area contributed by atoms with Gasteiger partial charge in [0.2, 0.25) is 0 Å². The zero-order valence-electron chi connectivity index (χ0n) is 12.9. The molecule has 1 atom stereocenters. The number of fused-ring (bicyclic) bond motifs is 1. The molecule has 0 aliphatic carbocycles. The highest BCUT2D eigenvalue weighted by molar-refractivity contribution is 6.31. The van der Waals surface area contributed by atoms with Gasteiger partial charge in [0.25, 0.3) is 0 Å². The van der Waals surface area contributed by atoms with E-state index in [2.05, 4.69) is 0 Å². The van der Waals surface area contributed by atoms with E-state index in [1.807, 2.05) is 30.3 Å². The van der Waals surface area contributed by atoms with Crippen LogP contribution in [0.2, 0.25) is 5.02 Å². The number of carbonyl (C=O) groups excluding carboxylic acids is 1. The molecule has 1 heterocycles. The first-order valence-corrected chi connectivity index (χ1v) is 8.00. The largest absolute Gasteiger partial charge is 0.480 e. The Morgan fingerprint density at radius 3 is 2.62 bits per heavy atom. The summed E-state index contributed by atoms with van der Waals surface area (Å²) < 4.78 is 1.65. The molecule has 0 bridgehead atoms. The number of halogens is 1. The van der Waals surface area contributed by atoms with Gasteiger partial charge in [-0.15, -0.1) is 0 Å². The summed E-state index contributed by atoms with van der Waals surface area (Å²) in [7, 11) is 0. The lowest BCUT2D eigenvalue weighted by molar-refractivity contribution is -0.141. The third kappa shape index (κ3) is 3.19. The summed E-state index contributed by atoms with van der Waals surface area (Å²) in [5.41, 5.74) is 2.22. The zero-order valence-corrected chi connectivity index (χ0v) is 13.6. The van der Waals surface area contributed by atoms with Gasteiger partial charge in [0, 0.05) is 27.7 Å². The van der Waals surface area contributed by atoms with E-state index in [1.54, 1.807) is 29.0 Å². The number of aliphatic carboxylic acids is 1. The highest BCUT2D eigenvalue weighted by atomic mass is 35.5. The summed E-state index contributed by atoms with van der Waals surface area (Å²) >= 11 is 6.00. The van der Waals surface area contributed by atoms with E-state index in [0.717, 1.165) is 11.8 Å². The van der Waals surface area contributed by atoms with Crippen LogP contribution in [0.5, 0.6) is 0 Å². The Balaban J connectivity index is 1.98. The van der Waals surface area contributed by atoms with E-state index in [4.69, 9.17) is 11.6 Å². The van der Waals surface area contributed by atoms with Crippen LogP contribution in [0.15, 0.2) is 54.7 Å². The van der Waals surface area contributed by atoms with E-state index in [0.29, 0.717) is 34.3 Å². The molecule has 2 aromatic carbocycles. The molecule has 0 spiro atoms. The average Bonchev–Trinajstić information content (AvgIpc) is 2.93. The molecule has 1 N–H and O–H groups in total. The summed E-state index contributed by atoms with van der Waals surface area (Å²) in [6.45, 7) is 0. The molecule has 0 aliphatic heterocycles. The number of nitrogens with zero attached hydrogens (tertiary/aromatic N) is 1. The molecule has 122 valence electrons. The third-order valence-electron chi connectivity index (χ3n) is 4.12. The molecule has 1 aromatic heterocycles. The maximum atomic E-state index is 11.8. The predicted molar refractivity (Wildman–Crippen MR) is 93.8 cm³/mol. The first kappa shape index (κ1) is 16.3. The number of carboxylic acids is 1. The van der Waals surface area contributed by atoms with Crippen molar-refractivity contribution in [3.63, 3.8) is 0 Å². The third-order valence-corrected chi connectivity index (χ3v) is 4.36. The zero-order chi connectivity index (χ0) is 17.1. The van der Waals surface area contributed by atoms with Gasteiger partial charge >= 0.3 is 5.97 Å². The molecule has 0 aliphatic rings. The fourth-order valence-corrected chi connectivity index (χ4v) is 3.11. The van der Waals surface area contributed by atoms with Gasteiger partial charge in [0.15, 0.2) is 6.29 Å². The van der Waals surface area contributed by atoms with E-state index in [1.165, 1.54) is 0 Å². The maximum absolute atomic E-state index is 11.8. The average molecular weight is 342 g/mol. The Bertz CT molecular complexity index is 886. The second-order valence-electron chi connectivity index (χ2n) is 5.65. The van der Waals surface area contributed by atoms with Crippen LogP contribution in [-0.4, -0.2) is 21.9 Å². The molecule has 5 heteroatoms. The van der Waals surface area contributed by atoms with Crippen molar-refractivity contribution in [2.45, 2.75) is 18.9 Å². The summed E-state index contributed by atoms with van der Waals surface area (Å²) in [4.78, 5) is 23.1. The number of carbonyl (C=O) groups is 2. The lowest BCUT2D eigenvalue weighted by Gasteiger charge is -2.16. The number of benzene rings is 2. The molecule has 0 radical (unpaired) electrons. The van der Waals surface area contributed by atoms with Gasteiger partial charge in [0.05, 0.1) is 0 Å². The fraction of sp³-hybridized carbons (Fsp3) is 0.158. The van der Waals surface area contributed by atoms with Gasteiger partial charge in [-0.3, -0.25) is 4.79 Å². The Morgan fingerprint density at radius 2 is 1.96 bits per heavy atom. The molecule has 3 aromatic rings. The smallest absolute Gasteiger partial charge is 0.326 e. The predicted octanol–water partition coefficient (Wildman–Crippen LogP) is 4.37. The van der Waals surface area contributed by atoms with Crippen LogP contribution >= 0.6 is 11.6 Å². The first-order valence-electron chi connectivity index (χ1n) is 7.62. The molecule has 3 rings (SSSR count).